The van der Waals surface area contributed by atoms with E-state index >= 15 is 0 Å². The minimum atomic E-state index is -1.83. The maximum Gasteiger partial charge on any atom is 0.381 e. The van der Waals surface area contributed by atoms with Gasteiger partial charge in [0.1, 0.15) is 8.07 Å². The quantitative estimate of drug-likeness (QED) is 0.592. The first-order valence-corrected chi connectivity index (χ1v) is 7.74. The lowest BCUT2D eigenvalue weighted by Crippen LogP contribution is -2.43. The van der Waals surface area contributed by atoms with Gasteiger partial charge in [-0.25, -0.2) is 4.79 Å². The summed E-state index contributed by atoms with van der Waals surface area (Å²) in [7, 11) is -1.83. The van der Waals surface area contributed by atoms with Gasteiger partial charge in [0, 0.05) is 5.92 Å². The van der Waals surface area contributed by atoms with Crippen molar-refractivity contribution in [3.05, 3.63) is 0 Å². The molecular formula is C12H22O2Si. The highest BCUT2D eigenvalue weighted by Crippen LogP contribution is 2.40. The van der Waals surface area contributed by atoms with Crippen LogP contribution in [0.3, 0.4) is 0 Å². The zero-order chi connectivity index (χ0) is 12.2. The number of carbonyl (C=O) groups is 1. The highest BCUT2D eigenvalue weighted by Gasteiger charge is 2.41. The van der Waals surface area contributed by atoms with Crippen LogP contribution < -0.4 is 0 Å². The van der Waals surface area contributed by atoms with Crippen molar-refractivity contribution in [2.75, 3.05) is 0 Å². The zero-order valence-corrected chi connectivity index (χ0v) is 11.6. The number of aliphatic carboxylic acids is 1. The Morgan fingerprint density at radius 3 is 1.53 bits per heavy atom. The van der Waals surface area contributed by atoms with Crippen LogP contribution in [0.4, 0.5) is 0 Å². The van der Waals surface area contributed by atoms with Gasteiger partial charge in [-0.15, -0.1) is 5.54 Å². The van der Waals surface area contributed by atoms with E-state index in [1.807, 2.05) is 0 Å². The average molecular weight is 226 g/mol. The third-order valence-electron chi connectivity index (χ3n) is 3.25. The molecule has 15 heavy (non-hydrogen) atoms. The van der Waals surface area contributed by atoms with Crippen LogP contribution in [0.25, 0.3) is 0 Å². The van der Waals surface area contributed by atoms with E-state index in [0.29, 0.717) is 16.6 Å². The van der Waals surface area contributed by atoms with Gasteiger partial charge in [0.15, 0.2) is 0 Å². The Labute approximate surface area is 94.1 Å². The standard InChI is InChI=1S/C12H22O2Si/c1-9(2)15(10(3)4,11(5)6)8-7-12(13)14/h9-11H,1-6H3,(H,13,14). The van der Waals surface area contributed by atoms with Gasteiger partial charge >= 0.3 is 5.97 Å². The lowest BCUT2D eigenvalue weighted by Gasteiger charge is -2.37. The van der Waals surface area contributed by atoms with E-state index in [9.17, 15) is 4.79 Å². The maximum atomic E-state index is 10.6. The number of hydrogen-bond donors (Lipinski definition) is 1. The first-order valence-electron chi connectivity index (χ1n) is 5.51. The van der Waals surface area contributed by atoms with Crippen molar-refractivity contribution < 1.29 is 9.90 Å². The number of hydrogen-bond acceptors (Lipinski definition) is 1. The summed E-state index contributed by atoms with van der Waals surface area (Å²) < 4.78 is 0. The van der Waals surface area contributed by atoms with Crippen LogP contribution in [0.15, 0.2) is 0 Å². The largest absolute Gasteiger partial charge is 0.472 e. The summed E-state index contributed by atoms with van der Waals surface area (Å²) in [5.41, 5.74) is 4.59. The molecular weight excluding hydrogens is 204 g/mol. The summed E-state index contributed by atoms with van der Waals surface area (Å²) >= 11 is 0. The SMILES string of the molecule is CC(C)[Si](C#CC(=O)O)(C(C)C)C(C)C. The summed E-state index contributed by atoms with van der Waals surface area (Å²) in [6.45, 7) is 13.0. The molecule has 0 spiro atoms. The van der Waals surface area contributed by atoms with Gasteiger partial charge in [-0.2, -0.15) is 0 Å². The smallest absolute Gasteiger partial charge is 0.381 e. The first-order chi connectivity index (χ1) is 6.75. The first kappa shape index (κ1) is 14.2. The molecule has 0 rings (SSSR count). The number of carboxylic acid groups (broad SMARTS) is 1. The molecule has 0 aromatic rings. The van der Waals surface area contributed by atoms with Gasteiger partial charge in [-0.1, -0.05) is 41.5 Å². The van der Waals surface area contributed by atoms with E-state index in [1.165, 1.54) is 0 Å². The molecule has 3 heteroatoms. The van der Waals surface area contributed by atoms with E-state index in [-0.39, 0.29) is 0 Å². The second-order valence-electron chi connectivity index (χ2n) is 4.95. The highest BCUT2D eigenvalue weighted by molar-refractivity contribution is 6.90. The minimum absolute atomic E-state index is 0.490. The topological polar surface area (TPSA) is 37.3 Å². The molecule has 0 aromatic carbocycles. The molecule has 1 N–H and O–H groups in total. The fourth-order valence-corrected chi connectivity index (χ4v) is 7.78. The Hall–Kier alpha value is -0.753. The Morgan fingerprint density at radius 2 is 1.33 bits per heavy atom. The number of rotatable bonds is 3. The van der Waals surface area contributed by atoms with Crippen LogP contribution >= 0.6 is 0 Å². The summed E-state index contributed by atoms with van der Waals surface area (Å²) in [5, 5.41) is 8.67. The molecule has 86 valence electrons. The molecule has 0 heterocycles. The van der Waals surface area contributed by atoms with Crippen molar-refractivity contribution in [2.24, 2.45) is 0 Å². The molecule has 0 atom stereocenters. The summed E-state index contributed by atoms with van der Waals surface area (Å²) in [6, 6.07) is 0. The Balaban J connectivity index is 5.37. The zero-order valence-electron chi connectivity index (χ0n) is 10.6. The minimum Gasteiger partial charge on any atom is -0.472 e. The second kappa shape index (κ2) is 5.36. The molecule has 2 nitrogen and oxygen atoms in total. The molecule has 0 aromatic heterocycles. The Bertz CT molecular complexity index is 260. The lowest BCUT2D eigenvalue weighted by atomic mass is 10.5. The molecule has 0 saturated carbocycles. The predicted octanol–water partition coefficient (Wildman–Crippen LogP) is 3.29. The molecule has 0 aliphatic carbocycles. The molecule has 0 unspecified atom stereocenters. The normalized spacial score (nSPS) is 11.8. The van der Waals surface area contributed by atoms with Crippen molar-refractivity contribution in [1.82, 2.24) is 0 Å². The van der Waals surface area contributed by atoms with Gasteiger partial charge in [0.25, 0.3) is 0 Å². The van der Waals surface area contributed by atoms with E-state index in [4.69, 9.17) is 5.11 Å². The predicted molar refractivity (Wildman–Crippen MR) is 66.5 cm³/mol. The molecule has 0 aliphatic rings. The Kier molecular flexibility index (Phi) is 5.09. The third kappa shape index (κ3) is 3.10. The fraction of sp³-hybridized carbons (Fsp3) is 0.750. The van der Waals surface area contributed by atoms with E-state index in [0.717, 1.165) is 0 Å². The van der Waals surface area contributed by atoms with Crippen LogP contribution in [0, 0.1) is 11.5 Å². The molecule has 0 amide bonds. The summed E-state index contributed by atoms with van der Waals surface area (Å²) in [4.78, 5) is 10.6. The van der Waals surface area contributed by atoms with Gasteiger partial charge in [0.2, 0.25) is 0 Å². The number of carboxylic acids is 1. The van der Waals surface area contributed by atoms with Crippen LogP contribution in [-0.4, -0.2) is 19.1 Å². The Morgan fingerprint density at radius 1 is 1.00 bits per heavy atom. The third-order valence-corrected chi connectivity index (χ3v) is 9.54. The van der Waals surface area contributed by atoms with Crippen LogP contribution in [0.5, 0.6) is 0 Å². The van der Waals surface area contributed by atoms with Crippen molar-refractivity contribution in [1.29, 1.82) is 0 Å². The fourth-order valence-electron chi connectivity index (χ4n) is 2.59. The van der Waals surface area contributed by atoms with E-state index < -0.39 is 14.0 Å². The van der Waals surface area contributed by atoms with Crippen LogP contribution in [0.1, 0.15) is 41.5 Å². The lowest BCUT2D eigenvalue weighted by molar-refractivity contribution is -0.130. The summed E-state index contributed by atoms with van der Waals surface area (Å²) in [6.07, 6.45) is 0. The summed E-state index contributed by atoms with van der Waals surface area (Å²) in [5.74, 6) is 1.35. The molecule has 0 bridgehead atoms. The molecule has 0 radical (unpaired) electrons. The van der Waals surface area contributed by atoms with Gasteiger partial charge in [-0.3, -0.25) is 0 Å². The monoisotopic (exact) mass is 226 g/mol. The van der Waals surface area contributed by atoms with Crippen LogP contribution in [-0.2, 0) is 4.79 Å². The molecule has 0 aliphatic heterocycles. The van der Waals surface area contributed by atoms with E-state index in [2.05, 4.69) is 53.0 Å². The van der Waals surface area contributed by atoms with Crippen molar-refractivity contribution >= 4 is 14.0 Å². The van der Waals surface area contributed by atoms with Gasteiger partial charge in [0.05, 0.1) is 0 Å². The maximum absolute atomic E-state index is 10.6. The van der Waals surface area contributed by atoms with Gasteiger partial charge < -0.3 is 5.11 Å². The van der Waals surface area contributed by atoms with E-state index in [1.54, 1.807) is 0 Å². The van der Waals surface area contributed by atoms with Crippen LogP contribution in [0.2, 0.25) is 16.6 Å². The van der Waals surface area contributed by atoms with Crippen molar-refractivity contribution in [2.45, 2.75) is 58.2 Å². The highest BCUT2D eigenvalue weighted by atomic mass is 28.3. The van der Waals surface area contributed by atoms with Crippen molar-refractivity contribution in [3.8, 4) is 11.5 Å². The molecule has 0 fully saturated rings. The second-order valence-corrected chi connectivity index (χ2v) is 10.5. The average Bonchev–Trinajstić information content (AvgIpc) is 2.02. The molecule has 0 saturated heterocycles. The van der Waals surface area contributed by atoms with Gasteiger partial charge in [-0.05, 0) is 16.6 Å². The van der Waals surface area contributed by atoms with Crippen molar-refractivity contribution in [3.63, 3.8) is 0 Å².